The number of rotatable bonds is 4. The zero-order valence-corrected chi connectivity index (χ0v) is 8.18. The van der Waals surface area contributed by atoms with Gasteiger partial charge >= 0.3 is 0 Å². The second-order valence-electron chi connectivity index (χ2n) is 4.51. The molecule has 3 N–H and O–H groups in total. The Morgan fingerprint density at radius 1 is 1.31 bits per heavy atom. The SMILES string of the molecule is OCC1(NCC2CC2)CCNCC1. The zero-order valence-electron chi connectivity index (χ0n) is 8.18. The molecule has 2 aliphatic rings. The van der Waals surface area contributed by atoms with Gasteiger partial charge in [-0.1, -0.05) is 0 Å². The fourth-order valence-corrected chi connectivity index (χ4v) is 1.98. The van der Waals surface area contributed by atoms with Gasteiger partial charge in [0.15, 0.2) is 0 Å². The molecule has 0 aromatic rings. The van der Waals surface area contributed by atoms with Gasteiger partial charge in [-0.3, -0.25) is 0 Å². The van der Waals surface area contributed by atoms with Crippen LogP contribution in [-0.2, 0) is 0 Å². The number of hydrogen-bond acceptors (Lipinski definition) is 3. The van der Waals surface area contributed by atoms with Crippen molar-refractivity contribution < 1.29 is 5.11 Å². The van der Waals surface area contributed by atoms with Gasteiger partial charge in [0.1, 0.15) is 0 Å². The van der Waals surface area contributed by atoms with Crippen molar-refractivity contribution in [3.63, 3.8) is 0 Å². The smallest absolute Gasteiger partial charge is 0.0614 e. The highest BCUT2D eigenvalue weighted by Crippen LogP contribution is 2.29. The predicted molar refractivity (Wildman–Crippen MR) is 52.6 cm³/mol. The van der Waals surface area contributed by atoms with Crippen molar-refractivity contribution >= 4 is 0 Å². The summed E-state index contributed by atoms with van der Waals surface area (Å²) in [5.74, 6) is 0.901. The minimum absolute atomic E-state index is 0.0356. The standard InChI is InChI=1S/C10H20N2O/c13-8-10(3-5-11-6-4-10)12-7-9-1-2-9/h9,11-13H,1-8H2. The summed E-state index contributed by atoms with van der Waals surface area (Å²) in [7, 11) is 0. The largest absolute Gasteiger partial charge is 0.394 e. The van der Waals surface area contributed by atoms with E-state index in [1.807, 2.05) is 0 Å². The van der Waals surface area contributed by atoms with E-state index in [1.165, 1.54) is 12.8 Å². The number of aliphatic hydroxyl groups is 1. The summed E-state index contributed by atoms with van der Waals surface area (Å²) < 4.78 is 0. The zero-order chi connectivity index (χ0) is 9.15. The molecule has 3 heteroatoms. The molecule has 13 heavy (non-hydrogen) atoms. The summed E-state index contributed by atoms with van der Waals surface area (Å²) in [5, 5.41) is 16.3. The van der Waals surface area contributed by atoms with E-state index in [4.69, 9.17) is 0 Å². The molecule has 1 heterocycles. The summed E-state index contributed by atoms with van der Waals surface area (Å²) >= 11 is 0. The highest BCUT2D eigenvalue weighted by Gasteiger charge is 2.32. The Bertz CT molecular complexity index is 162. The molecule has 1 aliphatic heterocycles. The van der Waals surface area contributed by atoms with Gasteiger partial charge in [-0.2, -0.15) is 0 Å². The Labute approximate surface area is 79.9 Å². The average Bonchev–Trinajstić information content (AvgIpc) is 3.00. The lowest BCUT2D eigenvalue weighted by molar-refractivity contribution is 0.126. The number of hydrogen-bond donors (Lipinski definition) is 3. The molecule has 0 atom stereocenters. The fraction of sp³-hybridized carbons (Fsp3) is 1.00. The Kier molecular flexibility index (Phi) is 2.86. The topological polar surface area (TPSA) is 44.3 Å². The van der Waals surface area contributed by atoms with Crippen LogP contribution in [0.25, 0.3) is 0 Å². The van der Waals surface area contributed by atoms with Gasteiger partial charge in [0.05, 0.1) is 6.61 Å². The molecule has 0 spiro atoms. The van der Waals surface area contributed by atoms with E-state index in [1.54, 1.807) is 0 Å². The molecule has 3 nitrogen and oxygen atoms in total. The molecule has 76 valence electrons. The predicted octanol–water partition coefficient (Wildman–Crippen LogP) is 0.100. The Hall–Kier alpha value is -0.120. The molecular weight excluding hydrogens is 164 g/mol. The van der Waals surface area contributed by atoms with E-state index in [0.29, 0.717) is 6.61 Å². The molecule has 0 bridgehead atoms. The molecule has 1 saturated carbocycles. The van der Waals surface area contributed by atoms with Crippen molar-refractivity contribution in [3.05, 3.63) is 0 Å². The van der Waals surface area contributed by atoms with Gasteiger partial charge in [-0.15, -0.1) is 0 Å². The van der Waals surface area contributed by atoms with Crippen LogP contribution in [-0.4, -0.2) is 36.9 Å². The first-order valence-corrected chi connectivity index (χ1v) is 5.41. The van der Waals surface area contributed by atoms with Gasteiger partial charge in [0, 0.05) is 5.54 Å². The lowest BCUT2D eigenvalue weighted by Gasteiger charge is -2.37. The van der Waals surface area contributed by atoms with Gasteiger partial charge in [-0.05, 0) is 51.2 Å². The quantitative estimate of drug-likeness (QED) is 0.580. The second kappa shape index (κ2) is 3.95. The highest BCUT2D eigenvalue weighted by atomic mass is 16.3. The molecule has 2 rings (SSSR count). The Balaban J connectivity index is 1.80. The van der Waals surface area contributed by atoms with Crippen LogP contribution in [0.15, 0.2) is 0 Å². The maximum atomic E-state index is 9.38. The van der Waals surface area contributed by atoms with Crippen molar-refractivity contribution in [1.29, 1.82) is 0 Å². The third-order valence-corrected chi connectivity index (χ3v) is 3.33. The Morgan fingerprint density at radius 2 is 2.00 bits per heavy atom. The number of aliphatic hydroxyl groups excluding tert-OH is 1. The average molecular weight is 184 g/mol. The molecular formula is C10H20N2O. The first kappa shape index (κ1) is 9.44. The first-order valence-electron chi connectivity index (χ1n) is 5.41. The highest BCUT2D eigenvalue weighted by molar-refractivity contribution is 4.93. The van der Waals surface area contributed by atoms with Crippen LogP contribution in [0.1, 0.15) is 25.7 Å². The summed E-state index contributed by atoms with van der Waals surface area (Å²) in [6.07, 6.45) is 4.89. The van der Waals surface area contributed by atoms with E-state index in [0.717, 1.165) is 38.4 Å². The van der Waals surface area contributed by atoms with Crippen molar-refractivity contribution in [3.8, 4) is 0 Å². The normalized spacial score (nSPS) is 27.5. The van der Waals surface area contributed by atoms with Gasteiger partial charge in [0.2, 0.25) is 0 Å². The molecule has 0 unspecified atom stereocenters. The van der Waals surface area contributed by atoms with Gasteiger partial charge in [0.25, 0.3) is 0 Å². The molecule has 1 aliphatic carbocycles. The van der Waals surface area contributed by atoms with E-state index in [9.17, 15) is 5.11 Å². The molecule has 0 aromatic carbocycles. The molecule has 0 aromatic heterocycles. The van der Waals surface area contributed by atoms with Crippen molar-refractivity contribution in [2.75, 3.05) is 26.2 Å². The van der Waals surface area contributed by atoms with E-state index in [-0.39, 0.29) is 5.54 Å². The van der Waals surface area contributed by atoms with Crippen LogP contribution in [0.3, 0.4) is 0 Å². The van der Waals surface area contributed by atoms with Gasteiger partial charge in [-0.25, -0.2) is 0 Å². The summed E-state index contributed by atoms with van der Waals surface area (Å²) in [4.78, 5) is 0. The monoisotopic (exact) mass is 184 g/mol. The number of nitrogens with one attached hydrogen (secondary N) is 2. The third-order valence-electron chi connectivity index (χ3n) is 3.33. The Morgan fingerprint density at radius 3 is 2.54 bits per heavy atom. The van der Waals surface area contributed by atoms with E-state index in [2.05, 4.69) is 10.6 Å². The lowest BCUT2D eigenvalue weighted by atomic mass is 9.89. The fourth-order valence-electron chi connectivity index (χ4n) is 1.98. The van der Waals surface area contributed by atoms with E-state index >= 15 is 0 Å². The maximum absolute atomic E-state index is 9.38. The van der Waals surface area contributed by atoms with Crippen LogP contribution in [0.5, 0.6) is 0 Å². The van der Waals surface area contributed by atoms with Crippen molar-refractivity contribution in [1.82, 2.24) is 10.6 Å². The second-order valence-corrected chi connectivity index (χ2v) is 4.51. The van der Waals surface area contributed by atoms with Crippen LogP contribution >= 0.6 is 0 Å². The minimum atomic E-state index is 0.0356. The third kappa shape index (κ3) is 2.42. The summed E-state index contributed by atoms with van der Waals surface area (Å²) in [5.41, 5.74) is 0.0356. The van der Waals surface area contributed by atoms with Crippen molar-refractivity contribution in [2.45, 2.75) is 31.2 Å². The van der Waals surface area contributed by atoms with E-state index < -0.39 is 0 Å². The molecule has 2 fully saturated rings. The molecule has 0 amide bonds. The van der Waals surface area contributed by atoms with Gasteiger partial charge < -0.3 is 15.7 Å². The van der Waals surface area contributed by atoms with Crippen LogP contribution in [0.2, 0.25) is 0 Å². The van der Waals surface area contributed by atoms with Crippen LogP contribution < -0.4 is 10.6 Å². The first-order chi connectivity index (χ1) is 6.35. The van der Waals surface area contributed by atoms with Crippen molar-refractivity contribution in [2.24, 2.45) is 5.92 Å². The molecule has 0 radical (unpaired) electrons. The summed E-state index contributed by atoms with van der Waals surface area (Å²) in [6, 6.07) is 0. The summed E-state index contributed by atoms with van der Waals surface area (Å²) in [6.45, 7) is 3.48. The molecule has 1 saturated heterocycles. The van der Waals surface area contributed by atoms with Crippen LogP contribution in [0, 0.1) is 5.92 Å². The maximum Gasteiger partial charge on any atom is 0.0614 e. The number of piperidine rings is 1. The van der Waals surface area contributed by atoms with Crippen LogP contribution in [0.4, 0.5) is 0 Å². The minimum Gasteiger partial charge on any atom is -0.394 e. The lowest BCUT2D eigenvalue weighted by Crippen LogP contribution is -2.55.